The van der Waals surface area contributed by atoms with E-state index >= 15 is 0 Å². The Morgan fingerprint density at radius 2 is 1.72 bits per heavy atom. The van der Waals surface area contributed by atoms with Gasteiger partial charge in [0.15, 0.2) is 0 Å². The molecule has 2 rings (SSSR count). The maximum atomic E-state index is 12.6. The van der Waals surface area contributed by atoms with Gasteiger partial charge in [0.2, 0.25) is 15.9 Å². The van der Waals surface area contributed by atoms with Crippen LogP contribution >= 0.6 is 11.8 Å². The van der Waals surface area contributed by atoms with E-state index in [2.05, 4.69) is 30.4 Å². The van der Waals surface area contributed by atoms with Crippen LogP contribution in [0, 0.1) is 20.8 Å². The van der Waals surface area contributed by atoms with Gasteiger partial charge in [-0.05, 0) is 56.5 Å². The number of benzene rings is 2. The molecule has 0 aromatic heterocycles. The minimum absolute atomic E-state index is 0.300. The third-order valence-electron chi connectivity index (χ3n) is 4.45. The van der Waals surface area contributed by atoms with Gasteiger partial charge in [0.05, 0.1) is 11.9 Å². The molecular formula is C22H30N2O3S2. The van der Waals surface area contributed by atoms with Crippen LogP contribution in [0.3, 0.4) is 0 Å². The van der Waals surface area contributed by atoms with E-state index in [-0.39, 0.29) is 5.91 Å². The Kier molecular flexibility index (Phi) is 8.16. The summed E-state index contributed by atoms with van der Waals surface area (Å²) in [5, 5.41) is 2.87. The molecule has 158 valence electrons. The van der Waals surface area contributed by atoms with Crippen molar-refractivity contribution in [3.05, 3.63) is 64.7 Å². The molecule has 2 aromatic carbocycles. The van der Waals surface area contributed by atoms with Crippen molar-refractivity contribution in [2.75, 3.05) is 22.9 Å². The van der Waals surface area contributed by atoms with Crippen molar-refractivity contribution in [1.82, 2.24) is 5.32 Å². The number of sulfonamides is 1. The number of aryl methyl sites for hydroxylation is 3. The van der Waals surface area contributed by atoms with Crippen molar-refractivity contribution in [2.45, 2.75) is 39.5 Å². The molecular weight excluding hydrogens is 404 g/mol. The lowest BCUT2D eigenvalue weighted by Crippen LogP contribution is -2.48. The molecule has 2 aromatic rings. The number of carbonyl (C=O) groups is 1. The van der Waals surface area contributed by atoms with E-state index in [1.54, 1.807) is 30.8 Å². The fourth-order valence-corrected chi connectivity index (χ4v) is 5.24. The number of nitrogens with zero attached hydrogens (tertiary/aromatic N) is 1. The molecule has 0 unspecified atom stereocenters. The molecule has 0 bridgehead atoms. The van der Waals surface area contributed by atoms with Gasteiger partial charge in [-0.15, -0.1) is 0 Å². The SMILES string of the molecule is Cc1cccc(CSCCNC(=O)[C@@H](C)N(c2cc(C)cc(C)c2)S(C)(=O)=O)c1. The highest BCUT2D eigenvalue weighted by Gasteiger charge is 2.29. The van der Waals surface area contributed by atoms with Crippen LogP contribution in [-0.4, -0.2) is 38.9 Å². The van der Waals surface area contributed by atoms with Crippen LogP contribution in [0.4, 0.5) is 5.69 Å². The van der Waals surface area contributed by atoms with Crippen molar-refractivity contribution >= 4 is 33.4 Å². The highest BCUT2D eigenvalue weighted by Crippen LogP contribution is 2.24. The van der Waals surface area contributed by atoms with E-state index in [9.17, 15) is 13.2 Å². The third kappa shape index (κ3) is 7.08. The van der Waals surface area contributed by atoms with Crippen LogP contribution < -0.4 is 9.62 Å². The van der Waals surface area contributed by atoms with Crippen LogP contribution in [0.5, 0.6) is 0 Å². The number of nitrogens with one attached hydrogen (secondary N) is 1. The largest absolute Gasteiger partial charge is 0.353 e. The molecule has 1 N–H and O–H groups in total. The molecule has 0 aliphatic carbocycles. The molecule has 5 nitrogen and oxygen atoms in total. The standard InChI is InChI=1S/C22H30N2O3S2/c1-16-7-6-8-20(12-16)15-28-10-9-23-22(25)19(4)24(29(5,26)27)21-13-17(2)11-18(3)14-21/h6-8,11-14,19H,9-10,15H2,1-5H3,(H,23,25)/t19-/m1/s1. The van der Waals surface area contributed by atoms with E-state index in [0.29, 0.717) is 12.2 Å². The molecule has 0 saturated carbocycles. The van der Waals surface area contributed by atoms with Crippen molar-refractivity contribution in [3.63, 3.8) is 0 Å². The number of carbonyl (C=O) groups excluding carboxylic acids is 1. The van der Waals surface area contributed by atoms with E-state index in [4.69, 9.17) is 0 Å². The molecule has 7 heteroatoms. The Morgan fingerprint density at radius 1 is 1.07 bits per heavy atom. The second-order valence-corrected chi connectivity index (χ2v) is 10.4. The zero-order valence-electron chi connectivity index (χ0n) is 17.7. The quantitative estimate of drug-likeness (QED) is 0.610. The first-order valence-electron chi connectivity index (χ1n) is 9.56. The molecule has 0 aliphatic rings. The predicted molar refractivity (Wildman–Crippen MR) is 123 cm³/mol. The summed E-state index contributed by atoms with van der Waals surface area (Å²) in [7, 11) is -3.60. The molecule has 0 aliphatic heterocycles. The highest BCUT2D eigenvalue weighted by molar-refractivity contribution is 7.98. The molecule has 0 saturated heterocycles. The van der Waals surface area contributed by atoms with Gasteiger partial charge in [-0.25, -0.2) is 8.42 Å². The number of anilines is 1. The topological polar surface area (TPSA) is 66.5 Å². The van der Waals surface area contributed by atoms with Crippen LogP contribution in [0.2, 0.25) is 0 Å². The van der Waals surface area contributed by atoms with Crippen LogP contribution in [0.15, 0.2) is 42.5 Å². The Morgan fingerprint density at radius 3 is 2.31 bits per heavy atom. The van der Waals surface area contributed by atoms with E-state index in [0.717, 1.165) is 28.9 Å². The van der Waals surface area contributed by atoms with Gasteiger partial charge in [0.1, 0.15) is 6.04 Å². The molecule has 29 heavy (non-hydrogen) atoms. The number of hydrogen-bond donors (Lipinski definition) is 1. The number of rotatable bonds is 9. The summed E-state index contributed by atoms with van der Waals surface area (Å²) < 4.78 is 26.0. The fourth-order valence-electron chi connectivity index (χ4n) is 3.27. The first-order chi connectivity index (χ1) is 13.6. The van der Waals surface area contributed by atoms with E-state index in [1.165, 1.54) is 15.4 Å². The van der Waals surface area contributed by atoms with Crippen molar-refractivity contribution in [3.8, 4) is 0 Å². The van der Waals surface area contributed by atoms with Crippen molar-refractivity contribution in [2.24, 2.45) is 0 Å². The third-order valence-corrected chi connectivity index (χ3v) is 6.72. The van der Waals surface area contributed by atoms with Gasteiger partial charge < -0.3 is 5.32 Å². The fraction of sp³-hybridized carbons (Fsp3) is 0.409. The lowest BCUT2D eigenvalue weighted by atomic mass is 10.1. The first-order valence-corrected chi connectivity index (χ1v) is 12.6. The molecule has 0 spiro atoms. The van der Waals surface area contributed by atoms with Gasteiger partial charge in [-0.3, -0.25) is 9.10 Å². The van der Waals surface area contributed by atoms with Crippen molar-refractivity contribution < 1.29 is 13.2 Å². The molecule has 1 atom stereocenters. The van der Waals surface area contributed by atoms with Gasteiger partial charge in [-0.1, -0.05) is 35.9 Å². The van der Waals surface area contributed by atoms with Gasteiger partial charge in [-0.2, -0.15) is 11.8 Å². The van der Waals surface area contributed by atoms with Crippen LogP contribution in [0.1, 0.15) is 29.2 Å². The normalized spacial score (nSPS) is 12.4. The summed E-state index contributed by atoms with van der Waals surface area (Å²) in [6.07, 6.45) is 1.13. The maximum absolute atomic E-state index is 12.6. The zero-order chi connectivity index (χ0) is 21.6. The van der Waals surface area contributed by atoms with E-state index in [1.807, 2.05) is 26.0 Å². The predicted octanol–water partition coefficient (Wildman–Crippen LogP) is 3.82. The highest BCUT2D eigenvalue weighted by atomic mass is 32.2. The lowest BCUT2D eigenvalue weighted by molar-refractivity contribution is -0.121. The maximum Gasteiger partial charge on any atom is 0.243 e. The summed E-state index contributed by atoms with van der Waals surface area (Å²) >= 11 is 1.74. The minimum Gasteiger partial charge on any atom is -0.353 e. The Hall–Kier alpha value is -1.99. The number of hydrogen-bond acceptors (Lipinski definition) is 4. The van der Waals surface area contributed by atoms with Crippen LogP contribution in [0.25, 0.3) is 0 Å². The summed E-state index contributed by atoms with van der Waals surface area (Å²) in [6.45, 7) is 8.00. The molecule has 0 radical (unpaired) electrons. The van der Waals surface area contributed by atoms with Gasteiger partial charge >= 0.3 is 0 Å². The Balaban J connectivity index is 1.95. The summed E-state index contributed by atoms with van der Waals surface area (Å²) in [5.41, 5.74) is 4.91. The number of amides is 1. The van der Waals surface area contributed by atoms with Gasteiger partial charge in [0, 0.05) is 18.1 Å². The average molecular weight is 435 g/mol. The van der Waals surface area contributed by atoms with E-state index < -0.39 is 16.1 Å². The Labute approximate surface area is 178 Å². The average Bonchev–Trinajstić information content (AvgIpc) is 2.59. The van der Waals surface area contributed by atoms with Gasteiger partial charge in [0.25, 0.3) is 0 Å². The number of thioether (sulfide) groups is 1. The summed E-state index contributed by atoms with van der Waals surface area (Å²) in [6, 6.07) is 13.1. The summed E-state index contributed by atoms with van der Waals surface area (Å²) in [5.74, 6) is 1.34. The zero-order valence-corrected chi connectivity index (χ0v) is 19.4. The smallest absolute Gasteiger partial charge is 0.243 e. The lowest BCUT2D eigenvalue weighted by Gasteiger charge is -2.28. The first kappa shape index (κ1) is 23.3. The summed E-state index contributed by atoms with van der Waals surface area (Å²) in [4.78, 5) is 12.6. The molecule has 1 amide bonds. The minimum atomic E-state index is -3.60. The monoisotopic (exact) mass is 434 g/mol. The molecule has 0 fully saturated rings. The molecule has 0 heterocycles. The second-order valence-electron chi connectivity index (χ2n) is 7.41. The van der Waals surface area contributed by atoms with Crippen molar-refractivity contribution in [1.29, 1.82) is 0 Å². The Bertz CT molecular complexity index is 938. The second kappa shape index (κ2) is 10.2. The van der Waals surface area contributed by atoms with Crippen LogP contribution in [-0.2, 0) is 20.6 Å².